The molecule has 3 aromatic carbocycles. The van der Waals surface area contributed by atoms with E-state index in [0.717, 1.165) is 16.7 Å². The molecule has 0 aromatic heterocycles. The minimum absolute atomic E-state index is 0.215. The van der Waals surface area contributed by atoms with Gasteiger partial charge in [-0.3, -0.25) is 0 Å². The average Bonchev–Trinajstić information content (AvgIpc) is 2.77. The second-order valence-corrected chi connectivity index (χ2v) is 6.40. The second-order valence-electron chi connectivity index (χ2n) is 6.40. The van der Waals surface area contributed by atoms with Gasteiger partial charge in [0.25, 0.3) is 0 Å². The number of methoxy groups -OCH3 is 2. The predicted octanol–water partition coefficient (Wildman–Crippen LogP) is 4.63. The van der Waals surface area contributed by atoms with Gasteiger partial charge in [-0.1, -0.05) is 66.7 Å². The number of carbonyl (C=O) groups excluding carboxylic acids is 2. The Morgan fingerprint density at radius 2 is 1.11 bits per heavy atom. The number of rotatable bonds is 6. The molecule has 0 aliphatic carbocycles. The van der Waals surface area contributed by atoms with Gasteiger partial charge in [0, 0.05) is 5.92 Å². The van der Waals surface area contributed by atoms with Crippen LogP contribution < -0.4 is 0 Å². The molecular formula is C24H22O4. The van der Waals surface area contributed by atoms with Crippen molar-refractivity contribution in [3.63, 3.8) is 0 Å². The van der Waals surface area contributed by atoms with Gasteiger partial charge in [0.05, 0.1) is 25.3 Å². The van der Waals surface area contributed by atoms with Crippen molar-refractivity contribution in [1.29, 1.82) is 0 Å². The lowest BCUT2D eigenvalue weighted by Crippen LogP contribution is -2.16. The van der Waals surface area contributed by atoms with Crippen LogP contribution in [0.15, 0.2) is 78.9 Å². The second kappa shape index (κ2) is 9.00. The van der Waals surface area contributed by atoms with Gasteiger partial charge >= 0.3 is 11.9 Å². The molecule has 3 aromatic rings. The van der Waals surface area contributed by atoms with Gasteiger partial charge in [0.2, 0.25) is 0 Å². The van der Waals surface area contributed by atoms with Gasteiger partial charge < -0.3 is 9.47 Å². The summed E-state index contributed by atoms with van der Waals surface area (Å²) >= 11 is 0. The normalized spacial score (nSPS) is 10.5. The summed E-state index contributed by atoms with van der Waals surface area (Å²) in [5.41, 5.74) is 3.71. The third kappa shape index (κ3) is 4.12. The van der Waals surface area contributed by atoms with E-state index in [1.165, 1.54) is 14.2 Å². The fourth-order valence-corrected chi connectivity index (χ4v) is 3.43. The molecule has 0 aliphatic rings. The summed E-state index contributed by atoms with van der Waals surface area (Å²) < 4.78 is 9.96. The van der Waals surface area contributed by atoms with Gasteiger partial charge in [-0.2, -0.15) is 0 Å². The van der Waals surface area contributed by atoms with Crippen LogP contribution in [0.1, 0.15) is 43.3 Å². The van der Waals surface area contributed by atoms with E-state index in [0.29, 0.717) is 17.5 Å². The Morgan fingerprint density at radius 1 is 0.679 bits per heavy atom. The quantitative estimate of drug-likeness (QED) is 0.590. The highest BCUT2D eigenvalue weighted by atomic mass is 16.5. The first-order valence-electron chi connectivity index (χ1n) is 9.04. The Hall–Kier alpha value is -3.40. The van der Waals surface area contributed by atoms with Crippen LogP contribution in [0.4, 0.5) is 0 Å². The molecule has 0 amide bonds. The van der Waals surface area contributed by atoms with Crippen molar-refractivity contribution >= 4 is 11.9 Å². The first-order valence-corrected chi connectivity index (χ1v) is 9.04. The summed E-state index contributed by atoms with van der Waals surface area (Å²) in [5.74, 6) is -1.01. The minimum atomic E-state index is -0.399. The van der Waals surface area contributed by atoms with Gasteiger partial charge in [-0.25, -0.2) is 9.59 Å². The monoisotopic (exact) mass is 374 g/mol. The lowest BCUT2D eigenvalue weighted by molar-refractivity contribution is 0.0592. The summed E-state index contributed by atoms with van der Waals surface area (Å²) in [6, 6.07) is 24.7. The molecule has 28 heavy (non-hydrogen) atoms. The molecule has 0 N–H and O–H groups in total. The summed E-state index contributed by atoms with van der Waals surface area (Å²) in [5, 5.41) is 0. The zero-order chi connectivity index (χ0) is 19.9. The van der Waals surface area contributed by atoms with Crippen molar-refractivity contribution in [2.45, 2.75) is 12.3 Å². The van der Waals surface area contributed by atoms with E-state index in [1.54, 1.807) is 12.1 Å². The van der Waals surface area contributed by atoms with E-state index in [9.17, 15) is 9.59 Å². The first kappa shape index (κ1) is 19.4. The molecule has 0 saturated carbocycles. The van der Waals surface area contributed by atoms with Crippen molar-refractivity contribution in [2.75, 3.05) is 14.2 Å². The molecule has 0 spiro atoms. The highest BCUT2D eigenvalue weighted by molar-refractivity contribution is 5.93. The van der Waals surface area contributed by atoms with E-state index < -0.39 is 11.9 Å². The van der Waals surface area contributed by atoms with E-state index >= 15 is 0 Å². The largest absolute Gasteiger partial charge is 0.465 e. The maximum atomic E-state index is 12.4. The van der Waals surface area contributed by atoms with E-state index in [4.69, 9.17) is 9.47 Å². The maximum absolute atomic E-state index is 12.4. The van der Waals surface area contributed by atoms with Crippen molar-refractivity contribution in [1.82, 2.24) is 0 Å². The van der Waals surface area contributed by atoms with Crippen molar-refractivity contribution < 1.29 is 19.1 Å². The van der Waals surface area contributed by atoms with Crippen LogP contribution in [-0.4, -0.2) is 26.2 Å². The molecule has 0 atom stereocenters. The van der Waals surface area contributed by atoms with Crippen LogP contribution in [0, 0.1) is 0 Å². The molecule has 0 saturated heterocycles. The topological polar surface area (TPSA) is 52.6 Å². The maximum Gasteiger partial charge on any atom is 0.338 e. The Kier molecular flexibility index (Phi) is 6.22. The van der Waals surface area contributed by atoms with Crippen molar-refractivity contribution in [2.24, 2.45) is 0 Å². The molecule has 142 valence electrons. The van der Waals surface area contributed by atoms with Gasteiger partial charge in [-0.15, -0.1) is 0 Å². The van der Waals surface area contributed by atoms with Crippen LogP contribution in [0.2, 0.25) is 0 Å². The lowest BCUT2D eigenvalue weighted by atomic mass is 9.81. The zero-order valence-electron chi connectivity index (χ0n) is 15.9. The third-order valence-corrected chi connectivity index (χ3v) is 4.77. The number of carbonyl (C=O) groups is 2. The Labute approximate surface area is 164 Å². The number of hydrogen-bond acceptors (Lipinski definition) is 4. The lowest BCUT2D eigenvalue weighted by Gasteiger charge is -2.22. The molecule has 4 heteroatoms. The van der Waals surface area contributed by atoms with E-state index in [-0.39, 0.29) is 5.92 Å². The molecule has 3 rings (SSSR count). The SMILES string of the molecule is COC(=O)c1ccccc1C(Cc1ccccc1)c1ccccc1C(=O)OC. The molecule has 0 radical (unpaired) electrons. The number of hydrogen-bond donors (Lipinski definition) is 0. The fourth-order valence-electron chi connectivity index (χ4n) is 3.43. The molecule has 0 bridgehead atoms. The molecular weight excluding hydrogens is 352 g/mol. The Morgan fingerprint density at radius 3 is 1.57 bits per heavy atom. The number of benzene rings is 3. The summed E-state index contributed by atoms with van der Waals surface area (Å²) in [6.45, 7) is 0. The summed E-state index contributed by atoms with van der Waals surface area (Å²) in [6.07, 6.45) is 0.628. The standard InChI is InChI=1S/C24H22O4/c1-27-23(25)20-14-8-6-12-18(20)22(16-17-10-4-3-5-11-17)19-13-7-9-15-21(19)24(26)28-2/h3-15,22H,16H2,1-2H3. The summed E-state index contributed by atoms with van der Waals surface area (Å²) in [7, 11) is 2.74. The minimum Gasteiger partial charge on any atom is -0.465 e. The predicted molar refractivity (Wildman–Crippen MR) is 108 cm³/mol. The molecule has 0 fully saturated rings. The van der Waals surface area contributed by atoms with Crippen LogP contribution in [-0.2, 0) is 15.9 Å². The van der Waals surface area contributed by atoms with Crippen LogP contribution >= 0.6 is 0 Å². The van der Waals surface area contributed by atoms with Crippen LogP contribution in [0.5, 0.6) is 0 Å². The molecule has 0 aliphatic heterocycles. The highest BCUT2D eigenvalue weighted by Gasteiger charge is 2.25. The van der Waals surface area contributed by atoms with Crippen LogP contribution in [0.3, 0.4) is 0 Å². The Balaban J connectivity index is 2.18. The van der Waals surface area contributed by atoms with Gasteiger partial charge in [-0.05, 0) is 35.2 Å². The van der Waals surface area contributed by atoms with Crippen LogP contribution in [0.25, 0.3) is 0 Å². The first-order chi connectivity index (χ1) is 13.7. The van der Waals surface area contributed by atoms with Gasteiger partial charge in [0.15, 0.2) is 0 Å². The summed E-state index contributed by atoms with van der Waals surface area (Å²) in [4.78, 5) is 24.8. The molecule has 4 nitrogen and oxygen atoms in total. The Bertz CT molecular complexity index is 904. The number of esters is 2. The van der Waals surface area contributed by atoms with Gasteiger partial charge in [0.1, 0.15) is 0 Å². The third-order valence-electron chi connectivity index (χ3n) is 4.77. The average molecular weight is 374 g/mol. The zero-order valence-corrected chi connectivity index (χ0v) is 15.9. The smallest absolute Gasteiger partial charge is 0.338 e. The van der Waals surface area contributed by atoms with E-state index in [1.807, 2.05) is 66.7 Å². The number of ether oxygens (including phenoxy) is 2. The molecule has 0 heterocycles. The van der Waals surface area contributed by atoms with E-state index in [2.05, 4.69) is 0 Å². The van der Waals surface area contributed by atoms with Crippen molar-refractivity contribution in [3.05, 3.63) is 107 Å². The van der Waals surface area contributed by atoms with Crippen molar-refractivity contribution in [3.8, 4) is 0 Å². The fraction of sp³-hybridized carbons (Fsp3) is 0.167. The molecule has 0 unspecified atom stereocenters. The highest BCUT2D eigenvalue weighted by Crippen LogP contribution is 2.33.